The van der Waals surface area contributed by atoms with Gasteiger partial charge in [-0.15, -0.1) is 0 Å². The summed E-state index contributed by atoms with van der Waals surface area (Å²) in [5.74, 6) is 1.45. The van der Waals surface area contributed by atoms with E-state index in [4.69, 9.17) is 4.74 Å². The van der Waals surface area contributed by atoms with Crippen LogP contribution in [0.25, 0.3) is 22.0 Å². The van der Waals surface area contributed by atoms with Crippen molar-refractivity contribution in [3.8, 4) is 16.9 Å². The molecule has 0 radical (unpaired) electrons. The second kappa shape index (κ2) is 8.30. The van der Waals surface area contributed by atoms with Gasteiger partial charge >= 0.3 is 0 Å². The Balaban J connectivity index is 1.69. The molecule has 30 heavy (non-hydrogen) atoms. The quantitative estimate of drug-likeness (QED) is 0.569. The van der Waals surface area contributed by atoms with E-state index in [0.29, 0.717) is 23.4 Å². The summed E-state index contributed by atoms with van der Waals surface area (Å²) in [6.45, 7) is 0.590. The highest BCUT2D eigenvalue weighted by Gasteiger charge is 2.19. The van der Waals surface area contributed by atoms with Gasteiger partial charge in [0, 0.05) is 42.2 Å². The van der Waals surface area contributed by atoms with Crippen LogP contribution in [-0.4, -0.2) is 30.8 Å². The van der Waals surface area contributed by atoms with Gasteiger partial charge in [-0.3, -0.25) is 4.79 Å². The molecule has 0 atom stereocenters. The summed E-state index contributed by atoms with van der Waals surface area (Å²) >= 11 is 0. The minimum Gasteiger partial charge on any atom is -0.493 e. The van der Waals surface area contributed by atoms with Crippen LogP contribution in [0.3, 0.4) is 0 Å². The third-order valence-electron chi connectivity index (χ3n) is 6.06. The molecule has 0 saturated heterocycles. The number of fused-ring (bicyclic) bond motifs is 1. The molecule has 6 nitrogen and oxygen atoms in total. The van der Waals surface area contributed by atoms with Gasteiger partial charge in [0.1, 0.15) is 11.3 Å². The molecule has 1 aliphatic carbocycles. The molecule has 0 bridgehead atoms. The zero-order chi connectivity index (χ0) is 21.3. The SMILES string of the molecule is Cn1cc(-c2cc(S(C)(=O)=O)ccc2OCCCC2CCCC2)c2cc[nH]c(=O)c21. The van der Waals surface area contributed by atoms with Gasteiger partial charge in [-0.25, -0.2) is 8.42 Å². The van der Waals surface area contributed by atoms with E-state index in [0.717, 1.165) is 23.3 Å². The Morgan fingerprint density at radius 2 is 1.93 bits per heavy atom. The van der Waals surface area contributed by atoms with Crippen LogP contribution in [0.1, 0.15) is 38.5 Å². The molecule has 1 aliphatic rings. The van der Waals surface area contributed by atoms with Gasteiger partial charge in [0.25, 0.3) is 5.56 Å². The maximum absolute atomic E-state index is 12.3. The summed E-state index contributed by atoms with van der Waals surface area (Å²) in [6, 6.07) is 6.80. The summed E-state index contributed by atoms with van der Waals surface area (Å²) in [5.41, 5.74) is 1.84. The molecule has 0 unspecified atom stereocenters. The Bertz CT molecular complexity index is 1220. The smallest absolute Gasteiger partial charge is 0.272 e. The van der Waals surface area contributed by atoms with E-state index in [1.165, 1.54) is 38.4 Å². The van der Waals surface area contributed by atoms with Crippen molar-refractivity contribution in [3.05, 3.63) is 47.0 Å². The number of aryl methyl sites for hydroxylation is 1. The first-order chi connectivity index (χ1) is 14.3. The second-order valence-electron chi connectivity index (χ2n) is 8.29. The zero-order valence-electron chi connectivity index (χ0n) is 17.5. The lowest BCUT2D eigenvalue weighted by atomic mass is 10.0. The number of ether oxygens (including phenoxy) is 1. The van der Waals surface area contributed by atoms with Crippen molar-refractivity contribution >= 4 is 20.7 Å². The zero-order valence-corrected chi connectivity index (χ0v) is 18.3. The number of hydrogen-bond acceptors (Lipinski definition) is 4. The number of nitrogens with one attached hydrogen (secondary N) is 1. The Kier molecular flexibility index (Phi) is 5.73. The van der Waals surface area contributed by atoms with Gasteiger partial charge < -0.3 is 14.3 Å². The maximum atomic E-state index is 12.3. The van der Waals surface area contributed by atoms with Crippen LogP contribution in [0.5, 0.6) is 5.75 Å². The largest absolute Gasteiger partial charge is 0.493 e. The van der Waals surface area contributed by atoms with Crippen LogP contribution in [0.15, 0.2) is 46.3 Å². The van der Waals surface area contributed by atoms with E-state index < -0.39 is 9.84 Å². The summed E-state index contributed by atoms with van der Waals surface area (Å²) in [4.78, 5) is 15.2. The van der Waals surface area contributed by atoms with E-state index >= 15 is 0 Å². The van der Waals surface area contributed by atoms with Crippen molar-refractivity contribution < 1.29 is 13.2 Å². The number of aromatic amines is 1. The van der Waals surface area contributed by atoms with Crippen LogP contribution in [0.4, 0.5) is 0 Å². The number of hydrogen-bond donors (Lipinski definition) is 1. The lowest BCUT2D eigenvalue weighted by Gasteiger charge is -2.14. The molecule has 0 spiro atoms. The standard InChI is InChI=1S/C23H28N2O4S/c1-25-15-20(18-11-12-24-23(26)22(18)25)19-14-17(30(2,27)28)9-10-21(19)29-13-5-8-16-6-3-4-7-16/h9-12,14-16H,3-8,13H2,1-2H3,(H,24,26). The third-order valence-corrected chi connectivity index (χ3v) is 7.17. The second-order valence-corrected chi connectivity index (χ2v) is 10.3. The van der Waals surface area contributed by atoms with E-state index in [9.17, 15) is 13.2 Å². The predicted octanol–water partition coefficient (Wildman–Crippen LogP) is 4.29. The Morgan fingerprint density at radius 1 is 1.17 bits per heavy atom. The van der Waals surface area contributed by atoms with Crippen molar-refractivity contribution in [2.45, 2.75) is 43.4 Å². The number of aromatic nitrogens is 2. The van der Waals surface area contributed by atoms with E-state index in [-0.39, 0.29) is 10.5 Å². The fourth-order valence-corrected chi connectivity index (χ4v) is 5.16. The van der Waals surface area contributed by atoms with Crippen LogP contribution in [0.2, 0.25) is 0 Å². The van der Waals surface area contributed by atoms with Crippen molar-refractivity contribution in [1.82, 2.24) is 9.55 Å². The van der Waals surface area contributed by atoms with Crippen molar-refractivity contribution in [2.24, 2.45) is 13.0 Å². The molecule has 2 heterocycles. The molecule has 1 N–H and O–H groups in total. The Hall–Kier alpha value is -2.54. The van der Waals surface area contributed by atoms with Crippen LogP contribution >= 0.6 is 0 Å². The van der Waals surface area contributed by atoms with Gasteiger partial charge in [0.2, 0.25) is 0 Å². The van der Waals surface area contributed by atoms with Gasteiger partial charge in [-0.05, 0) is 43.0 Å². The number of pyridine rings is 1. The monoisotopic (exact) mass is 428 g/mol. The topological polar surface area (TPSA) is 81.2 Å². The van der Waals surface area contributed by atoms with Gasteiger partial charge in [0.15, 0.2) is 9.84 Å². The van der Waals surface area contributed by atoms with E-state index in [1.807, 2.05) is 19.3 Å². The number of benzene rings is 1. The van der Waals surface area contributed by atoms with Crippen LogP contribution in [0, 0.1) is 5.92 Å². The minimum absolute atomic E-state index is 0.181. The maximum Gasteiger partial charge on any atom is 0.272 e. The molecular formula is C23H28N2O4S. The molecule has 7 heteroatoms. The normalized spacial score (nSPS) is 15.1. The van der Waals surface area contributed by atoms with Crippen molar-refractivity contribution in [3.63, 3.8) is 0 Å². The lowest BCUT2D eigenvalue weighted by molar-refractivity contribution is 0.293. The molecule has 0 amide bonds. The third kappa shape index (κ3) is 4.17. The van der Waals surface area contributed by atoms with Crippen LogP contribution < -0.4 is 10.3 Å². The van der Waals surface area contributed by atoms with Gasteiger partial charge in [-0.1, -0.05) is 25.7 Å². The molecule has 2 aromatic heterocycles. The fourth-order valence-electron chi connectivity index (χ4n) is 4.51. The number of nitrogens with zero attached hydrogens (tertiary/aromatic N) is 1. The number of sulfone groups is 1. The average Bonchev–Trinajstić information content (AvgIpc) is 3.33. The number of rotatable bonds is 7. The predicted molar refractivity (Wildman–Crippen MR) is 119 cm³/mol. The summed E-state index contributed by atoms with van der Waals surface area (Å²) < 4.78 is 32.2. The average molecular weight is 429 g/mol. The highest BCUT2D eigenvalue weighted by Crippen LogP contribution is 2.37. The summed E-state index contributed by atoms with van der Waals surface area (Å²) in [6.07, 6.45) is 12.1. The summed E-state index contributed by atoms with van der Waals surface area (Å²) in [5, 5.41) is 0.766. The first kappa shape index (κ1) is 20.7. The van der Waals surface area contributed by atoms with Crippen LogP contribution in [-0.2, 0) is 16.9 Å². The lowest BCUT2D eigenvalue weighted by Crippen LogP contribution is -2.07. The highest BCUT2D eigenvalue weighted by atomic mass is 32.2. The molecule has 1 aromatic carbocycles. The summed E-state index contributed by atoms with van der Waals surface area (Å²) in [7, 11) is -1.56. The van der Waals surface area contributed by atoms with E-state index in [2.05, 4.69) is 4.98 Å². The highest BCUT2D eigenvalue weighted by molar-refractivity contribution is 7.90. The van der Waals surface area contributed by atoms with E-state index in [1.54, 1.807) is 29.0 Å². The minimum atomic E-state index is -3.37. The molecule has 3 aromatic rings. The van der Waals surface area contributed by atoms with Gasteiger partial charge in [0.05, 0.1) is 11.5 Å². The van der Waals surface area contributed by atoms with Crippen molar-refractivity contribution in [2.75, 3.05) is 12.9 Å². The molecule has 1 fully saturated rings. The first-order valence-corrected chi connectivity index (χ1v) is 12.4. The fraction of sp³-hybridized carbons (Fsp3) is 0.435. The molecule has 4 rings (SSSR count). The molecule has 1 saturated carbocycles. The molecular weight excluding hydrogens is 400 g/mol. The first-order valence-electron chi connectivity index (χ1n) is 10.5. The number of H-pyrrole nitrogens is 1. The molecule has 160 valence electrons. The molecule has 0 aliphatic heterocycles. The van der Waals surface area contributed by atoms with Crippen molar-refractivity contribution in [1.29, 1.82) is 0 Å². The van der Waals surface area contributed by atoms with Gasteiger partial charge in [-0.2, -0.15) is 0 Å². The Morgan fingerprint density at radius 3 is 2.67 bits per heavy atom. The Labute approximate surface area is 176 Å².